The number of hydrogen-bond donors (Lipinski definition) is 0. The first kappa shape index (κ1) is 14.9. The highest BCUT2D eigenvalue weighted by atomic mass is 79.9. The molecule has 0 aliphatic rings. The Kier molecular flexibility index (Phi) is 5.37. The maximum Gasteiger partial charge on any atom is 0.177 e. The molecule has 2 aromatic carbocycles. The number of Topliss-reactive ketones (excluding diaryl/α,β-unsaturated/α-hetero) is 1. The third-order valence-electron chi connectivity index (χ3n) is 2.75. The molecule has 19 heavy (non-hydrogen) atoms. The Morgan fingerprint density at radius 1 is 0.895 bits per heavy atom. The molecule has 98 valence electrons. The minimum atomic E-state index is -0.295. The van der Waals surface area contributed by atoms with Gasteiger partial charge in [0.25, 0.3) is 0 Å². The van der Waals surface area contributed by atoms with E-state index in [1.54, 1.807) is 0 Å². The molecular formula is C15H11Br3O. The zero-order valence-electron chi connectivity index (χ0n) is 9.89. The van der Waals surface area contributed by atoms with Crippen molar-refractivity contribution in [3.05, 3.63) is 70.2 Å². The summed E-state index contributed by atoms with van der Waals surface area (Å²) in [5.74, 6) is 0.0678. The summed E-state index contributed by atoms with van der Waals surface area (Å²) in [6.07, 6.45) is 0. The molecule has 2 rings (SSSR count). The summed E-state index contributed by atoms with van der Waals surface area (Å²) in [4.78, 5) is 12.0. The van der Waals surface area contributed by atoms with Crippen LogP contribution in [0.25, 0.3) is 0 Å². The largest absolute Gasteiger partial charge is 0.293 e. The van der Waals surface area contributed by atoms with Crippen LogP contribution in [0.2, 0.25) is 0 Å². The first-order valence-electron chi connectivity index (χ1n) is 5.72. The predicted octanol–water partition coefficient (Wildman–Crippen LogP) is 5.53. The maximum atomic E-state index is 12.4. The van der Waals surface area contributed by atoms with E-state index in [0.29, 0.717) is 5.56 Å². The van der Waals surface area contributed by atoms with Gasteiger partial charge in [0.1, 0.15) is 0 Å². The van der Waals surface area contributed by atoms with Crippen molar-refractivity contribution in [2.45, 2.75) is 9.65 Å². The van der Waals surface area contributed by atoms with Gasteiger partial charge in [0, 0.05) is 10.0 Å². The Labute approximate surface area is 137 Å². The summed E-state index contributed by atoms with van der Waals surface area (Å²) in [5.41, 5.74) is 1.78. The van der Waals surface area contributed by atoms with Crippen LogP contribution in [0.1, 0.15) is 20.7 Å². The van der Waals surface area contributed by atoms with Gasteiger partial charge >= 0.3 is 0 Å². The second-order valence-electron chi connectivity index (χ2n) is 4.09. The molecule has 0 bridgehead atoms. The molecule has 0 saturated carbocycles. The van der Waals surface area contributed by atoms with Crippen LogP contribution < -0.4 is 0 Å². The molecule has 0 fully saturated rings. The van der Waals surface area contributed by atoms with Gasteiger partial charge in [0.05, 0.1) is 9.65 Å². The predicted molar refractivity (Wildman–Crippen MR) is 89.3 cm³/mol. The number of halogens is 3. The molecule has 0 aliphatic heterocycles. The highest BCUT2D eigenvalue weighted by Crippen LogP contribution is 2.33. The summed E-state index contributed by atoms with van der Waals surface area (Å²) in [6.45, 7) is 0. The van der Waals surface area contributed by atoms with Gasteiger partial charge in [-0.25, -0.2) is 0 Å². The fraction of sp³-hybridized carbons (Fsp3) is 0.133. The van der Waals surface area contributed by atoms with Gasteiger partial charge in [-0.05, 0) is 17.7 Å². The quantitative estimate of drug-likeness (QED) is 0.445. The summed E-state index contributed by atoms with van der Waals surface area (Å²) in [6, 6.07) is 17.3. The van der Waals surface area contributed by atoms with Crippen molar-refractivity contribution in [3.8, 4) is 0 Å². The van der Waals surface area contributed by atoms with Gasteiger partial charge in [-0.1, -0.05) is 90.3 Å². The topological polar surface area (TPSA) is 17.1 Å². The van der Waals surface area contributed by atoms with E-state index in [2.05, 4.69) is 47.8 Å². The van der Waals surface area contributed by atoms with Crippen LogP contribution in [-0.2, 0) is 0 Å². The lowest BCUT2D eigenvalue weighted by Crippen LogP contribution is -2.19. The van der Waals surface area contributed by atoms with Crippen LogP contribution in [0.3, 0.4) is 0 Å². The summed E-state index contributed by atoms with van der Waals surface area (Å²) < 4.78 is 0.966. The van der Waals surface area contributed by atoms with Crippen LogP contribution >= 0.6 is 47.8 Å². The highest BCUT2D eigenvalue weighted by Gasteiger charge is 2.25. The highest BCUT2D eigenvalue weighted by molar-refractivity contribution is 9.12. The summed E-state index contributed by atoms with van der Waals surface area (Å²) in [7, 11) is 0. The van der Waals surface area contributed by atoms with Crippen molar-refractivity contribution in [1.29, 1.82) is 0 Å². The second kappa shape index (κ2) is 6.82. The number of carbonyl (C=O) groups excluding carboxylic acids is 1. The average molecular weight is 447 g/mol. The first-order chi connectivity index (χ1) is 9.09. The Morgan fingerprint density at radius 2 is 1.47 bits per heavy atom. The van der Waals surface area contributed by atoms with Gasteiger partial charge < -0.3 is 0 Å². The standard InChI is InChI=1S/C15H11Br3O/c16-12-8-6-11(7-9-12)15(19)14(18)13(17)10-4-2-1-3-5-10/h1-9,13-14H/t13-,14-/m1/s1. The van der Waals surface area contributed by atoms with Crippen LogP contribution in [0.4, 0.5) is 0 Å². The Morgan fingerprint density at radius 3 is 2.05 bits per heavy atom. The van der Waals surface area contributed by atoms with E-state index in [9.17, 15) is 4.79 Å². The van der Waals surface area contributed by atoms with E-state index in [1.165, 1.54) is 0 Å². The molecule has 2 aromatic rings. The monoisotopic (exact) mass is 444 g/mol. The third-order valence-corrected chi connectivity index (χ3v) is 5.99. The molecule has 0 radical (unpaired) electrons. The zero-order chi connectivity index (χ0) is 13.8. The molecular weight excluding hydrogens is 436 g/mol. The van der Waals surface area contributed by atoms with Crippen molar-refractivity contribution in [1.82, 2.24) is 0 Å². The minimum Gasteiger partial charge on any atom is -0.293 e. The molecule has 0 spiro atoms. The number of ketones is 1. The number of alkyl halides is 2. The van der Waals surface area contributed by atoms with Crippen LogP contribution in [0.15, 0.2) is 59.1 Å². The molecule has 0 saturated heterocycles. The third kappa shape index (κ3) is 3.77. The molecule has 4 heteroatoms. The molecule has 0 heterocycles. The fourth-order valence-electron chi connectivity index (χ4n) is 1.71. The van der Waals surface area contributed by atoms with Gasteiger partial charge in [-0.2, -0.15) is 0 Å². The van der Waals surface area contributed by atoms with Crippen LogP contribution in [-0.4, -0.2) is 10.6 Å². The Hall–Kier alpha value is -0.450. The van der Waals surface area contributed by atoms with Crippen molar-refractivity contribution in [2.24, 2.45) is 0 Å². The molecule has 0 amide bonds. The molecule has 1 nitrogen and oxygen atoms in total. The number of carbonyl (C=O) groups is 1. The summed E-state index contributed by atoms with van der Waals surface area (Å²) in [5, 5.41) is 0. The van der Waals surface area contributed by atoms with Gasteiger partial charge in [0.15, 0.2) is 5.78 Å². The van der Waals surface area contributed by atoms with E-state index in [1.807, 2.05) is 54.6 Å². The average Bonchev–Trinajstić information content (AvgIpc) is 2.46. The second-order valence-corrected chi connectivity index (χ2v) is 6.97. The van der Waals surface area contributed by atoms with Crippen molar-refractivity contribution in [2.75, 3.05) is 0 Å². The van der Waals surface area contributed by atoms with E-state index < -0.39 is 0 Å². The smallest absolute Gasteiger partial charge is 0.177 e. The van der Waals surface area contributed by atoms with Crippen molar-refractivity contribution >= 4 is 53.6 Å². The molecule has 2 atom stereocenters. The fourth-order valence-corrected chi connectivity index (χ4v) is 3.09. The molecule has 0 aliphatic carbocycles. The van der Waals surface area contributed by atoms with E-state index in [-0.39, 0.29) is 15.4 Å². The maximum absolute atomic E-state index is 12.4. The van der Waals surface area contributed by atoms with Gasteiger partial charge in [0.2, 0.25) is 0 Å². The number of rotatable bonds is 4. The molecule has 0 N–H and O–H groups in total. The Bertz CT molecular complexity index is 551. The number of hydrogen-bond acceptors (Lipinski definition) is 1. The van der Waals surface area contributed by atoms with E-state index in [0.717, 1.165) is 10.0 Å². The van der Waals surface area contributed by atoms with Crippen molar-refractivity contribution < 1.29 is 4.79 Å². The SMILES string of the molecule is O=C(c1ccc(Br)cc1)[C@H](Br)[C@H](Br)c1ccccc1. The van der Waals surface area contributed by atoms with Crippen molar-refractivity contribution in [3.63, 3.8) is 0 Å². The van der Waals surface area contributed by atoms with Crippen LogP contribution in [0, 0.1) is 0 Å². The van der Waals surface area contributed by atoms with Crippen LogP contribution in [0.5, 0.6) is 0 Å². The molecule has 0 aromatic heterocycles. The summed E-state index contributed by atoms with van der Waals surface area (Å²) >= 11 is 10.4. The van der Waals surface area contributed by atoms with E-state index in [4.69, 9.17) is 0 Å². The lowest BCUT2D eigenvalue weighted by molar-refractivity contribution is 0.0991. The normalized spacial score (nSPS) is 13.8. The number of benzene rings is 2. The van der Waals surface area contributed by atoms with E-state index >= 15 is 0 Å². The minimum absolute atomic E-state index is 0.0511. The molecule has 0 unspecified atom stereocenters. The Balaban J connectivity index is 2.17. The lowest BCUT2D eigenvalue weighted by atomic mass is 10.0. The van der Waals surface area contributed by atoms with Gasteiger partial charge in [-0.3, -0.25) is 4.79 Å². The zero-order valence-corrected chi connectivity index (χ0v) is 14.7. The first-order valence-corrected chi connectivity index (χ1v) is 8.35. The van der Waals surface area contributed by atoms with Gasteiger partial charge in [-0.15, -0.1) is 0 Å². The lowest BCUT2D eigenvalue weighted by Gasteiger charge is -2.16.